The van der Waals surface area contributed by atoms with Crippen LogP contribution in [0.1, 0.15) is 85.0 Å². The van der Waals surface area contributed by atoms with Gasteiger partial charge in [0.15, 0.2) is 0 Å². The van der Waals surface area contributed by atoms with E-state index in [4.69, 9.17) is 0 Å². The van der Waals surface area contributed by atoms with Crippen molar-refractivity contribution in [1.82, 2.24) is 9.80 Å². The fourth-order valence-corrected chi connectivity index (χ4v) is 3.53. The van der Waals surface area contributed by atoms with Crippen LogP contribution >= 0.6 is 0 Å². The van der Waals surface area contributed by atoms with Crippen molar-refractivity contribution < 1.29 is 0 Å². The van der Waals surface area contributed by atoms with Crippen LogP contribution < -0.4 is 0 Å². The number of nitrogens with zero attached hydrogens (tertiary/aromatic N) is 2. The first kappa shape index (κ1) is 18.0. The molecule has 0 aromatic carbocycles. The van der Waals surface area contributed by atoms with Gasteiger partial charge in [0.25, 0.3) is 0 Å². The van der Waals surface area contributed by atoms with Crippen LogP contribution in [0.5, 0.6) is 0 Å². The average molecular weight is 283 g/mol. The summed E-state index contributed by atoms with van der Waals surface area (Å²) in [7, 11) is 0. The van der Waals surface area contributed by atoms with Crippen LogP contribution in [0, 0.1) is 0 Å². The Morgan fingerprint density at radius 3 is 1.55 bits per heavy atom. The number of hydrogen-bond donors (Lipinski definition) is 0. The summed E-state index contributed by atoms with van der Waals surface area (Å²) in [6.45, 7) is 11.9. The highest BCUT2D eigenvalue weighted by atomic mass is 15.4. The van der Waals surface area contributed by atoms with Gasteiger partial charge in [-0.1, -0.05) is 78.6 Å². The van der Waals surface area contributed by atoms with Crippen LogP contribution in [0.15, 0.2) is 0 Å². The van der Waals surface area contributed by atoms with Gasteiger partial charge in [-0.05, 0) is 19.5 Å². The van der Waals surface area contributed by atoms with E-state index in [1.807, 2.05) is 0 Å². The van der Waals surface area contributed by atoms with Crippen LogP contribution in [0.25, 0.3) is 0 Å². The molecular formula is C18H38N2. The van der Waals surface area contributed by atoms with E-state index in [-0.39, 0.29) is 0 Å². The third kappa shape index (κ3) is 6.58. The van der Waals surface area contributed by atoms with Crippen LogP contribution in [0.4, 0.5) is 0 Å². The van der Waals surface area contributed by atoms with Gasteiger partial charge in [-0.2, -0.15) is 0 Å². The summed E-state index contributed by atoms with van der Waals surface area (Å²) in [5.74, 6) is 0. The van der Waals surface area contributed by atoms with Crippen molar-refractivity contribution >= 4 is 0 Å². The van der Waals surface area contributed by atoms with Gasteiger partial charge < -0.3 is 0 Å². The first-order valence-corrected chi connectivity index (χ1v) is 9.31. The number of unbranched alkanes of at least 4 members (excludes halogenated alkanes) is 8. The molecule has 2 heteroatoms. The molecule has 2 nitrogen and oxygen atoms in total. The molecule has 0 bridgehead atoms. The van der Waals surface area contributed by atoms with Gasteiger partial charge in [-0.3, -0.25) is 9.80 Å². The lowest BCUT2D eigenvalue weighted by molar-refractivity contribution is 0.133. The molecule has 0 aromatic rings. The van der Waals surface area contributed by atoms with E-state index in [1.165, 1.54) is 90.4 Å². The molecule has 0 unspecified atom stereocenters. The van der Waals surface area contributed by atoms with Crippen LogP contribution in [-0.2, 0) is 0 Å². The Hall–Kier alpha value is -0.0800. The molecule has 0 radical (unpaired) electrons. The van der Waals surface area contributed by atoms with E-state index in [0.29, 0.717) is 0 Å². The maximum Gasteiger partial charge on any atom is 0.0623 e. The summed E-state index contributed by atoms with van der Waals surface area (Å²) in [5.41, 5.74) is 0. The van der Waals surface area contributed by atoms with Crippen LogP contribution in [0.2, 0.25) is 0 Å². The highest BCUT2D eigenvalue weighted by molar-refractivity contribution is 4.80. The Labute approximate surface area is 127 Å². The van der Waals surface area contributed by atoms with Crippen molar-refractivity contribution in [1.29, 1.82) is 0 Å². The zero-order chi connectivity index (χ0) is 14.6. The summed E-state index contributed by atoms with van der Waals surface area (Å²) in [6.07, 6.45) is 15.1. The van der Waals surface area contributed by atoms with Crippen molar-refractivity contribution in [3.63, 3.8) is 0 Å². The molecule has 1 aliphatic rings. The number of likely N-dealkylation sites (N-methyl/N-ethyl adjacent to an activating group) is 2. The molecule has 0 N–H and O–H groups in total. The Balaban J connectivity index is 1.99. The molecule has 0 aromatic heterocycles. The average Bonchev–Trinajstić information content (AvgIpc) is 2.87. The normalized spacial score (nSPS) is 18.1. The van der Waals surface area contributed by atoms with Gasteiger partial charge in [0.2, 0.25) is 0 Å². The Morgan fingerprint density at radius 2 is 1.10 bits per heavy atom. The summed E-state index contributed by atoms with van der Waals surface area (Å²) in [5, 5.41) is 0. The summed E-state index contributed by atoms with van der Waals surface area (Å²) >= 11 is 0. The van der Waals surface area contributed by atoms with Crippen LogP contribution in [-0.4, -0.2) is 42.1 Å². The predicted octanol–water partition coefficient (Wildman–Crippen LogP) is 4.89. The third-order valence-electron chi connectivity index (χ3n) is 4.90. The molecule has 0 saturated carbocycles. The maximum atomic E-state index is 2.66. The lowest BCUT2D eigenvalue weighted by Gasteiger charge is -2.28. The minimum atomic E-state index is 0.745. The Morgan fingerprint density at radius 1 is 0.650 bits per heavy atom. The van der Waals surface area contributed by atoms with Crippen molar-refractivity contribution in [2.45, 2.75) is 91.1 Å². The second-order valence-electron chi connectivity index (χ2n) is 6.35. The van der Waals surface area contributed by atoms with E-state index < -0.39 is 0 Å². The molecule has 1 aliphatic heterocycles. The van der Waals surface area contributed by atoms with Gasteiger partial charge in [0.1, 0.15) is 0 Å². The lowest BCUT2D eigenvalue weighted by Crippen LogP contribution is -2.38. The van der Waals surface area contributed by atoms with Crippen molar-refractivity contribution in [2.24, 2.45) is 0 Å². The quantitative estimate of drug-likeness (QED) is 0.470. The summed E-state index contributed by atoms with van der Waals surface area (Å²) in [6, 6.07) is 0. The van der Waals surface area contributed by atoms with E-state index >= 15 is 0 Å². The molecule has 0 atom stereocenters. The summed E-state index contributed by atoms with van der Waals surface area (Å²) < 4.78 is 0. The molecule has 1 fully saturated rings. The second kappa shape index (κ2) is 11.6. The molecule has 120 valence electrons. The van der Waals surface area contributed by atoms with E-state index in [9.17, 15) is 0 Å². The second-order valence-corrected chi connectivity index (χ2v) is 6.35. The van der Waals surface area contributed by atoms with E-state index in [2.05, 4.69) is 30.6 Å². The zero-order valence-corrected chi connectivity index (χ0v) is 14.4. The SMILES string of the molecule is CCCCCCCCCCCC1N(CC)CCN1CC. The molecular weight excluding hydrogens is 244 g/mol. The minimum absolute atomic E-state index is 0.745. The number of rotatable bonds is 12. The Kier molecular flexibility index (Phi) is 10.4. The predicted molar refractivity (Wildman–Crippen MR) is 90.1 cm³/mol. The van der Waals surface area contributed by atoms with Crippen molar-refractivity contribution in [3.8, 4) is 0 Å². The van der Waals surface area contributed by atoms with Gasteiger partial charge >= 0.3 is 0 Å². The first-order valence-electron chi connectivity index (χ1n) is 9.31. The minimum Gasteiger partial charge on any atom is -0.287 e. The smallest absolute Gasteiger partial charge is 0.0623 e. The highest BCUT2D eigenvalue weighted by Gasteiger charge is 2.28. The van der Waals surface area contributed by atoms with E-state index in [1.54, 1.807) is 0 Å². The lowest BCUT2D eigenvalue weighted by atomic mass is 10.1. The van der Waals surface area contributed by atoms with Gasteiger partial charge in [-0.25, -0.2) is 0 Å². The standard InChI is InChI=1S/C18H38N2/c1-4-7-8-9-10-11-12-13-14-15-18-19(5-2)16-17-20(18)6-3/h18H,4-17H2,1-3H3. The first-order chi connectivity index (χ1) is 9.83. The third-order valence-corrected chi connectivity index (χ3v) is 4.90. The molecule has 1 saturated heterocycles. The molecule has 1 rings (SSSR count). The largest absolute Gasteiger partial charge is 0.287 e. The monoisotopic (exact) mass is 282 g/mol. The van der Waals surface area contributed by atoms with Gasteiger partial charge in [-0.15, -0.1) is 0 Å². The molecule has 0 aliphatic carbocycles. The summed E-state index contributed by atoms with van der Waals surface area (Å²) in [4.78, 5) is 5.32. The van der Waals surface area contributed by atoms with E-state index in [0.717, 1.165) is 6.17 Å². The topological polar surface area (TPSA) is 6.48 Å². The fourth-order valence-electron chi connectivity index (χ4n) is 3.53. The highest BCUT2D eigenvalue weighted by Crippen LogP contribution is 2.20. The van der Waals surface area contributed by atoms with Gasteiger partial charge in [0.05, 0.1) is 6.17 Å². The van der Waals surface area contributed by atoms with Crippen LogP contribution in [0.3, 0.4) is 0 Å². The fraction of sp³-hybridized carbons (Fsp3) is 1.00. The molecule has 20 heavy (non-hydrogen) atoms. The van der Waals surface area contributed by atoms with Crippen molar-refractivity contribution in [2.75, 3.05) is 26.2 Å². The number of hydrogen-bond acceptors (Lipinski definition) is 2. The molecule has 0 amide bonds. The van der Waals surface area contributed by atoms with Gasteiger partial charge in [0, 0.05) is 13.1 Å². The van der Waals surface area contributed by atoms with Crippen molar-refractivity contribution in [3.05, 3.63) is 0 Å². The zero-order valence-electron chi connectivity index (χ0n) is 14.4. The maximum absolute atomic E-state index is 2.66. The Bertz CT molecular complexity index is 205. The molecule has 0 spiro atoms. The molecule has 1 heterocycles.